The van der Waals surface area contributed by atoms with E-state index in [-0.39, 0.29) is 29.6 Å². The molecule has 0 amide bonds. The summed E-state index contributed by atoms with van der Waals surface area (Å²) >= 11 is 0. The second-order valence-corrected chi connectivity index (χ2v) is 11.4. The van der Waals surface area contributed by atoms with E-state index in [2.05, 4.69) is 0 Å². The molecule has 3 aliphatic rings. The smallest absolute Gasteiger partial charge is 1.00 e. The monoisotopic (exact) mass is 417 g/mol. The fourth-order valence-electron chi connectivity index (χ4n) is 4.00. The Morgan fingerprint density at radius 1 is 0.448 bits per heavy atom. The predicted molar refractivity (Wildman–Crippen MR) is 103 cm³/mol. The zero-order valence-corrected chi connectivity index (χ0v) is 19.6. The molecule has 0 radical (unpaired) electrons. The molecule has 3 aromatic rings. The molecule has 0 N–H and O–H groups in total. The summed E-state index contributed by atoms with van der Waals surface area (Å²) in [6.45, 7) is 5.89. The van der Waals surface area contributed by atoms with Crippen molar-refractivity contribution in [3.8, 4) is 34.5 Å². The van der Waals surface area contributed by atoms with Crippen LogP contribution in [-0.4, -0.2) is 8.09 Å². The summed E-state index contributed by atoms with van der Waals surface area (Å²) < 4.78 is 38.1. The average Bonchev–Trinajstić information content (AvgIpc) is 3.18. The molecular weight excluding hydrogens is 399 g/mol. The van der Waals surface area contributed by atoms with Crippen LogP contribution in [0.4, 0.5) is 0 Å². The largest absolute Gasteiger partial charge is 1.00 e. The first-order valence-corrected chi connectivity index (χ1v) is 11.6. The van der Waals surface area contributed by atoms with Crippen LogP contribution < -0.4 is 56.1 Å². The van der Waals surface area contributed by atoms with E-state index in [1.54, 1.807) is 18.2 Å². The van der Waals surface area contributed by atoms with Crippen LogP contribution in [0.3, 0.4) is 0 Å². The third-order valence-electron chi connectivity index (χ3n) is 5.21. The SMILES string of the molecule is Cc1ccc2c(c1)O[Si-2]13(O2)(Oc2ccc(C)cc2O1)Oc1ccc(C)cc1O3.[Na+]. The van der Waals surface area contributed by atoms with E-state index in [1.165, 1.54) is 0 Å². The number of hydrogen-bond donors (Lipinski definition) is 0. The second kappa shape index (κ2) is 5.23. The van der Waals surface area contributed by atoms with Crippen LogP contribution in [0.15, 0.2) is 54.6 Å². The van der Waals surface area contributed by atoms with Crippen molar-refractivity contribution in [3.05, 3.63) is 71.3 Å². The van der Waals surface area contributed by atoms with Gasteiger partial charge in [-0.25, -0.2) is 0 Å². The van der Waals surface area contributed by atoms with Crippen LogP contribution in [0, 0.1) is 20.8 Å². The van der Waals surface area contributed by atoms with Crippen LogP contribution in [-0.2, 0) is 0 Å². The summed E-state index contributed by atoms with van der Waals surface area (Å²) in [4.78, 5) is 0. The summed E-state index contributed by atoms with van der Waals surface area (Å²) in [6.07, 6.45) is 0. The molecular formula is C21H18NaO6Si-. The molecule has 0 saturated carbocycles. The van der Waals surface area contributed by atoms with Gasteiger partial charge in [-0.1, -0.05) is 0 Å². The van der Waals surface area contributed by atoms with E-state index >= 15 is 0 Å². The van der Waals surface area contributed by atoms with Gasteiger partial charge in [-0.2, -0.15) is 0 Å². The minimum absolute atomic E-state index is 0. The van der Waals surface area contributed by atoms with Gasteiger partial charge in [-0.05, 0) is 0 Å². The van der Waals surface area contributed by atoms with Crippen molar-refractivity contribution in [2.45, 2.75) is 20.8 Å². The van der Waals surface area contributed by atoms with Crippen LogP contribution in [0.5, 0.6) is 34.5 Å². The molecule has 0 atom stereocenters. The van der Waals surface area contributed by atoms with Crippen LogP contribution >= 0.6 is 0 Å². The molecule has 0 bridgehead atoms. The van der Waals surface area contributed by atoms with Gasteiger partial charge >= 0.3 is 191 Å². The molecule has 0 fully saturated rings. The van der Waals surface area contributed by atoms with E-state index in [1.807, 2.05) is 57.2 Å². The molecule has 0 aromatic heterocycles. The van der Waals surface area contributed by atoms with Gasteiger partial charge in [-0.3, -0.25) is 0 Å². The molecule has 3 aromatic carbocycles. The second-order valence-electron chi connectivity index (χ2n) is 7.71. The summed E-state index contributed by atoms with van der Waals surface area (Å²) in [7, 11) is -5.93. The number of benzene rings is 3. The van der Waals surface area contributed by atoms with Gasteiger partial charge in [-0.15, -0.1) is 0 Å². The van der Waals surface area contributed by atoms with E-state index in [0.29, 0.717) is 34.5 Å². The van der Waals surface area contributed by atoms with Gasteiger partial charge < -0.3 is 0 Å². The molecule has 6 nitrogen and oxygen atoms in total. The van der Waals surface area contributed by atoms with Crippen LogP contribution in [0.25, 0.3) is 0 Å². The third kappa shape index (κ3) is 2.33. The molecule has 3 aliphatic heterocycles. The summed E-state index contributed by atoms with van der Waals surface area (Å²) in [5.74, 6) is 2.72. The van der Waals surface area contributed by atoms with E-state index in [0.717, 1.165) is 16.7 Å². The van der Waals surface area contributed by atoms with Crippen LogP contribution in [0.2, 0.25) is 0 Å². The number of fused-ring (bicyclic) bond motifs is 3. The maximum absolute atomic E-state index is 6.36. The van der Waals surface area contributed by atoms with Gasteiger partial charge in [0.05, 0.1) is 0 Å². The van der Waals surface area contributed by atoms with Crippen LogP contribution in [0.1, 0.15) is 16.7 Å². The molecule has 3 heterocycles. The van der Waals surface area contributed by atoms with E-state index in [4.69, 9.17) is 26.6 Å². The fraction of sp³-hybridized carbons (Fsp3) is 0.143. The molecule has 29 heavy (non-hydrogen) atoms. The Labute approximate surface area is 190 Å². The Morgan fingerprint density at radius 3 is 1.03 bits per heavy atom. The van der Waals surface area contributed by atoms with Gasteiger partial charge in [0.15, 0.2) is 0 Å². The van der Waals surface area contributed by atoms with Crippen molar-refractivity contribution in [2.75, 3.05) is 0 Å². The Kier molecular flexibility index (Phi) is 3.37. The van der Waals surface area contributed by atoms with Gasteiger partial charge in [0.25, 0.3) is 0 Å². The molecule has 144 valence electrons. The first-order chi connectivity index (χ1) is 13.3. The molecule has 1 spiro atoms. The minimum atomic E-state index is -5.93. The number of aryl methyl sites for hydroxylation is 3. The maximum atomic E-state index is 6.36. The Balaban J connectivity index is 0.00000181. The summed E-state index contributed by atoms with van der Waals surface area (Å²) in [5.41, 5.74) is 3.00. The van der Waals surface area contributed by atoms with E-state index in [9.17, 15) is 0 Å². The Morgan fingerprint density at radius 2 is 0.724 bits per heavy atom. The molecule has 0 saturated heterocycles. The van der Waals surface area contributed by atoms with Crippen molar-refractivity contribution >= 4 is 8.09 Å². The standard InChI is InChI=1S/C21H18O6Si.Na/c1-13-4-7-16-19(10-13)25-28(22-16,23-17-8-5-14(2)11-20(17)26-28)24-18-9-6-15(3)12-21(18)27-28;/h4-12H,1-3H3;/q-2;+1. The van der Waals surface area contributed by atoms with Crippen molar-refractivity contribution in [2.24, 2.45) is 0 Å². The topological polar surface area (TPSA) is 55.4 Å². The summed E-state index contributed by atoms with van der Waals surface area (Å²) in [5, 5.41) is 0. The number of rotatable bonds is 0. The normalized spacial score (nSPS) is 21.6. The minimum Gasteiger partial charge on any atom is 1.00 e. The first-order valence-electron chi connectivity index (χ1n) is 9.16. The zero-order valence-electron chi connectivity index (χ0n) is 16.6. The predicted octanol–water partition coefficient (Wildman–Crippen LogP) is 1.67. The van der Waals surface area contributed by atoms with Crippen molar-refractivity contribution < 1.29 is 56.1 Å². The molecule has 0 unspecified atom stereocenters. The van der Waals surface area contributed by atoms with Gasteiger partial charge in [0.1, 0.15) is 0 Å². The first kappa shape index (κ1) is 18.7. The van der Waals surface area contributed by atoms with Gasteiger partial charge in [0, 0.05) is 0 Å². The summed E-state index contributed by atoms with van der Waals surface area (Å²) in [6, 6.07) is 16.7. The quantitative estimate of drug-likeness (QED) is 0.519. The van der Waals surface area contributed by atoms with E-state index < -0.39 is 8.09 Å². The molecule has 8 heteroatoms. The molecule has 0 aliphatic carbocycles. The fourth-order valence-corrected chi connectivity index (χ4v) is 8.30. The Bertz CT molecular complexity index is 1070. The van der Waals surface area contributed by atoms with Crippen molar-refractivity contribution in [1.29, 1.82) is 0 Å². The number of hydrogen-bond acceptors (Lipinski definition) is 6. The van der Waals surface area contributed by atoms with Gasteiger partial charge in [0.2, 0.25) is 0 Å². The maximum Gasteiger partial charge on any atom is 1.00 e. The zero-order chi connectivity index (χ0) is 19.2. The average molecular weight is 417 g/mol. The molecule has 6 rings (SSSR count). The Hall–Kier alpha value is -2.32. The van der Waals surface area contributed by atoms with Crippen molar-refractivity contribution in [1.82, 2.24) is 0 Å². The van der Waals surface area contributed by atoms with Crippen molar-refractivity contribution in [3.63, 3.8) is 0 Å². The third-order valence-corrected chi connectivity index (χ3v) is 9.03.